The zero-order valence-electron chi connectivity index (χ0n) is 22.5. The molecule has 6 aromatic rings. The molecule has 0 atom stereocenters. The van der Waals surface area contributed by atoms with Gasteiger partial charge in [-0.2, -0.15) is 0 Å². The lowest BCUT2D eigenvalue weighted by molar-refractivity contribution is 1.18. The van der Waals surface area contributed by atoms with Gasteiger partial charge < -0.3 is 18.3 Å². The van der Waals surface area contributed by atoms with Crippen molar-refractivity contribution in [2.45, 2.75) is 0 Å². The van der Waals surface area contributed by atoms with Crippen LogP contribution < -0.4 is 18.3 Å². The van der Waals surface area contributed by atoms with Crippen LogP contribution in [0.3, 0.4) is 0 Å². The molecule has 8 rings (SSSR count). The molecule has 0 radical (unpaired) electrons. The maximum Gasteiger partial charge on any atom is 0.521 e. The average Bonchev–Trinajstić information content (AvgIpc) is 3.51. The third-order valence-electron chi connectivity index (χ3n) is 7.98. The fourth-order valence-electron chi connectivity index (χ4n) is 6.49. The lowest BCUT2D eigenvalue weighted by atomic mass is 10.2. The number of hydrogen-bond donors (Lipinski definition) is 0. The van der Waals surface area contributed by atoms with Crippen molar-refractivity contribution in [3.05, 3.63) is 170 Å². The predicted octanol–water partition coefficient (Wildman–Crippen LogP) is 9.40. The largest absolute Gasteiger partial charge is 0.521 e. The van der Waals surface area contributed by atoms with Gasteiger partial charge in [0.1, 0.15) is 0 Å². The molecule has 0 N–H and O–H groups in total. The predicted molar refractivity (Wildman–Crippen MR) is 173 cm³/mol. The Balaban J connectivity index is 1.57. The smallest absolute Gasteiger partial charge is 0.314 e. The molecule has 2 aliphatic heterocycles. The molecular weight excluding hydrogens is 517 g/mol. The second-order valence-electron chi connectivity index (χ2n) is 10.3. The van der Waals surface area contributed by atoms with Gasteiger partial charge in [0.2, 0.25) is 0 Å². The molecule has 196 valence electrons. The molecule has 1 spiro atoms. The van der Waals surface area contributed by atoms with Gasteiger partial charge in [0, 0.05) is 22.7 Å². The van der Waals surface area contributed by atoms with E-state index in [1.807, 2.05) is 0 Å². The third-order valence-corrected chi connectivity index (χ3v) is 12.4. The van der Waals surface area contributed by atoms with E-state index in [9.17, 15) is 0 Å². The first-order valence-corrected chi connectivity index (χ1v) is 15.8. The summed E-state index contributed by atoms with van der Waals surface area (Å²) in [5.74, 6) is 0. The molecule has 0 saturated carbocycles. The van der Waals surface area contributed by atoms with Crippen molar-refractivity contribution in [3.8, 4) is 0 Å². The monoisotopic (exact) mass is 544 g/mol. The lowest BCUT2D eigenvalue weighted by Gasteiger charge is -2.49. The Bertz CT molecular complexity index is 1540. The van der Waals surface area contributed by atoms with E-state index in [2.05, 4.69) is 188 Å². The summed E-state index contributed by atoms with van der Waals surface area (Å²) in [7, 11) is -3.23. The van der Waals surface area contributed by atoms with E-state index in [1.165, 1.54) is 45.5 Å². The third kappa shape index (κ3) is 3.39. The molecule has 0 bridgehead atoms. The number of fused-ring (bicyclic) bond motifs is 2. The minimum absolute atomic E-state index is 1.17. The molecule has 5 heteroatoms. The Morgan fingerprint density at radius 3 is 0.659 bits per heavy atom. The molecule has 2 aliphatic rings. The molecule has 6 aromatic carbocycles. The number of hydrogen-bond acceptors (Lipinski definition) is 4. The second-order valence-corrected chi connectivity index (χ2v) is 13.3. The van der Waals surface area contributed by atoms with Gasteiger partial charge in [0.15, 0.2) is 0 Å². The summed E-state index contributed by atoms with van der Waals surface area (Å²) in [5.41, 5.74) is 9.46. The second kappa shape index (κ2) is 9.43. The van der Waals surface area contributed by atoms with E-state index in [1.54, 1.807) is 0 Å². The Labute approximate surface area is 241 Å². The van der Waals surface area contributed by atoms with Crippen molar-refractivity contribution < 1.29 is 0 Å². The Morgan fingerprint density at radius 1 is 0.244 bits per heavy atom. The fraction of sp³-hybridized carbons (Fsp3) is 0. The topological polar surface area (TPSA) is 13.0 Å². The van der Waals surface area contributed by atoms with Gasteiger partial charge in [-0.05, 0) is 72.8 Å². The summed E-state index contributed by atoms with van der Waals surface area (Å²) in [6.07, 6.45) is 0. The van der Waals surface area contributed by atoms with E-state index >= 15 is 0 Å². The zero-order valence-corrected chi connectivity index (χ0v) is 23.5. The summed E-state index contributed by atoms with van der Waals surface area (Å²) in [6.45, 7) is 0. The number of rotatable bonds is 4. The summed E-state index contributed by atoms with van der Waals surface area (Å²) < 4.78 is 10.5. The molecule has 4 nitrogen and oxygen atoms in total. The minimum atomic E-state index is -3.23. The summed E-state index contributed by atoms with van der Waals surface area (Å²) in [5, 5.41) is 0. The fourth-order valence-corrected chi connectivity index (χ4v) is 11.7. The molecule has 41 heavy (non-hydrogen) atoms. The van der Waals surface area contributed by atoms with Crippen LogP contribution >= 0.6 is 0 Å². The maximum atomic E-state index is 2.63. The van der Waals surface area contributed by atoms with Gasteiger partial charge in [-0.3, -0.25) is 0 Å². The Hall–Kier alpha value is -5.26. The molecular formula is C36H28N4Si. The van der Waals surface area contributed by atoms with Crippen molar-refractivity contribution in [2.75, 3.05) is 18.3 Å². The van der Waals surface area contributed by atoms with Gasteiger partial charge in [0.05, 0.1) is 22.7 Å². The average molecular weight is 545 g/mol. The maximum absolute atomic E-state index is 3.23. The van der Waals surface area contributed by atoms with Gasteiger partial charge in [-0.15, -0.1) is 0 Å². The molecule has 2 heterocycles. The molecule has 0 aliphatic carbocycles. The SMILES string of the molecule is c1ccc(N2c3ccccc3N(c3ccccc3)[Si]23N(c2ccccc2)c2ccccc2N3c2ccccc2)cc1. The lowest BCUT2D eigenvalue weighted by Crippen LogP contribution is -2.76. The van der Waals surface area contributed by atoms with Crippen molar-refractivity contribution in [1.82, 2.24) is 0 Å². The molecule has 0 saturated heterocycles. The Morgan fingerprint density at radius 2 is 0.439 bits per heavy atom. The standard InChI is InChI=1S/C36H28N4Si/c1-5-17-29(18-6-1)37-33-25-13-14-26-34(33)38(30-19-7-2-8-20-30)41(37)39(31-21-9-3-10-22-31)35-27-15-16-28-36(35)40(41)32-23-11-4-12-24-32/h1-28H. The number of nitrogens with zero attached hydrogens (tertiary/aromatic N) is 4. The highest BCUT2D eigenvalue weighted by molar-refractivity contribution is 6.99. The van der Waals surface area contributed by atoms with Crippen LogP contribution in [0, 0.1) is 0 Å². The highest BCUT2D eigenvalue weighted by Crippen LogP contribution is 2.61. The van der Waals surface area contributed by atoms with Crippen molar-refractivity contribution >= 4 is 54.2 Å². The van der Waals surface area contributed by atoms with Crippen LogP contribution in [-0.4, -0.2) is 8.72 Å². The van der Waals surface area contributed by atoms with Gasteiger partial charge in [-0.1, -0.05) is 97.1 Å². The van der Waals surface area contributed by atoms with Crippen LogP contribution in [0.25, 0.3) is 0 Å². The minimum Gasteiger partial charge on any atom is -0.314 e. The molecule has 0 aromatic heterocycles. The van der Waals surface area contributed by atoms with Crippen molar-refractivity contribution in [3.63, 3.8) is 0 Å². The number of para-hydroxylation sites is 8. The van der Waals surface area contributed by atoms with Crippen molar-refractivity contribution in [1.29, 1.82) is 0 Å². The van der Waals surface area contributed by atoms with Crippen LogP contribution in [0.15, 0.2) is 170 Å². The van der Waals surface area contributed by atoms with E-state index in [0.717, 1.165) is 0 Å². The Kier molecular flexibility index (Phi) is 5.43. The van der Waals surface area contributed by atoms with Crippen LogP contribution in [0.4, 0.5) is 45.5 Å². The molecule has 0 fully saturated rings. The highest BCUT2D eigenvalue weighted by atomic mass is 28.4. The van der Waals surface area contributed by atoms with E-state index in [-0.39, 0.29) is 0 Å². The van der Waals surface area contributed by atoms with Crippen LogP contribution in [0.1, 0.15) is 0 Å². The number of anilines is 8. The molecule has 0 unspecified atom stereocenters. The first kappa shape index (κ1) is 23.6. The normalized spacial score (nSPS) is 14.8. The van der Waals surface area contributed by atoms with E-state index in [4.69, 9.17) is 0 Å². The summed E-state index contributed by atoms with van der Waals surface area (Å²) in [4.78, 5) is 0. The molecule has 0 amide bonds. The van der Waals surface area contributed by atoms with Crippen molar-refractivity contribution in [2.24, 2.45) is 0 Å². The highest BCUT2D eigenvalue weighted by Gasteiger charge is 2.69. The first-order chi connectivity index (χ1) is 20.4. The van der Waals surface area contributed by atoms with Crippen LogP contribution in [-0.2, 0) is 0 Å². The van der Waals surface area contributed by atoms with Gasteiger partial charge in [-0.25, -0.2) is 0 Å². The van der Waals surface area contributed by atoms with E-state index in [0.29, 0.717) is 0 Å². The first-order valence-electron chi connectivity index (χ1n) is 14.0. The zero-order chi connectivity index (χ0) is 27.2. The van der Waals surface area contributed by atoms with Gasteiger partial charge in [0.25, 0.3) is 0 Å². The summed E-state index contributed by atoms with van der Waals surface area (Å²) in [6, 6.07) is 61.3. The van der Waals surface area contributed by atoms with Crippen LogP contribution in [0.5, 0.6) is 0 Å². The number of benzene rings is 6. The van der Waals surface area contributed by atoms with Crippen LogP contribution in [0.2, 0.25) is 0 Å². The van der Waals surface area contributed by atoms with Gasteiger partial charge >= 0.3 is 8.72 Å². The summed E-state index contributed by atoms with van der Waals surface area (Å²) >= 11 is 0. The quantitative estimate of drug-likeness (QED) is 0.205. The van der Waals surface area contributed by atoms with E-state index < -0.39 is 8.72 Å².